The number of nitrogens with one attached hydrogen (secondary N) is 1. The molecular formula is C15H23NO. The SMILES string of the molecule is CNC(C1CCOCC1)C(C)c1ccccc1. The molecular weight excluding hydrogens is 210 g/mol. The molecule has 2 heteroatoms. The molecule has 1 aliphatic rings. The third kappa shape index (κ3) is 3.08. The molecule has 0 aromatic heterocycles. The summed E-state index contributed by atoms with van der Waals surface area (Å²) in [6.45, 7) is 4.17. The van der Waals surface area contributed by atoms with E-state index in [9.17, 15) is 0 Å². The van der Waals surface area contributed by atoms with Gasteiger partial charge < -0.3 is 10.1 Å². The molecule has 0 spiro atoms. The minimum atomic E-state index is 0.557. The summed E-state index contributed by atoms with van der Waals surface area (Å²) < 4.78 is 5.45. The molecule has 0 bridgehead atoms. The number of hydrogen-bond acceptors (Lipinski definition) is 2. The zero-order chi connectivity index (χ0) is 12.1. The average molecular weight is 233 g/mol. The average Bonchev–Trinajstić information content (AvgIpc) is 2.42. The number of likely N-dealkylation sites (N-methyl/N-ethyl adjacent to an activating group) is 1. The normalized spacial score (nSPS) is 21.1. The maximum absolute atomic E-state index is 5.45. The highest BCUT2D eigenvalue weighted by Crippen LogP contribution is 2.29. The van der Waals surface area contributed by atoms with Gasteiger partial charge in [0.05, 0.1) is 0 Å². The number of rotatable bonds is 4. The predicted molar refractivity (Wildman–Crippen MR) is 71.2 cm³/mol. The summed E-state index contributed by atoms with van der Waals surface area (Å²) in [6.07, 6.45) is 2.37. The molecule has 0 radical (unpaired) electrons. The van der Waals surface area contributed by atoms with Crippen molar-refractivity contribution in [2.24, 2.45) is 5.92 Å². The van der Waals surface area contributed by atoms with Gasteiger partial charge in [-0.1, -0.05) is 37.3 Å². The van der Waals surface area contributed by atoms with Gasteiger partial charge in [-0.25, -0.2) is 0 Å². The van der Waals surface area contributed by atoms with E-state index in [0.717, 1.165) is 19.1 Å². The van der Waals surface area contributed by atoms with E-state index in [0.29, 0.717) is 12.0 Å². The van der Waals surface area contributed by atoms with Crippen LogP contribution >= 0.6 is 0 Å². The van der Waals surface area contributed by atoms with E-state index in [1.165, 1.54) is 18.4 Å². The van der Waals surface area contributed by atoms with Crippen LogP contribution in [0.2, 0.25) is 0 Å². The van der Waals surface area contributed by atoms with Crippen LogP contribution in [0.1, 0.15) is 31.2 Å². The first-order valence-corrected chi connectivity index (χ1v) is 6.63. The van der Waals surface area contributed by atoms with Crippen molar-refractivity contribution < 1.29 is 4.74 Å². The Hall–Kier alpha value is -0.860. The van der Waals surface area contributed by atoms with Crippen molar-refractivity contribution in [3.63, 3.8) is 0 Å². The van der Waals surface area contributed by atoms with E-state index in [-0.39, 0.29) is 0 Å². The molecule has 17 heavy (non-hydrogen) atoms. The summed E-state index contributed by atoms with van der Waals surface area (Å²) in [5, 5.41) is 3.51. The van der Waals surface area contributed by atoms with Crippen LogP contribution in [-0.4, -0.2) is 26.3 Å². The Morgan fingerprint density at radius 1 is 1.18 bits per heavy atom. The maximum atomic E-state index is 5.45. The fraction of sp³-hybridized carbons (Fsp3) is 0.600. The molecule has 2 atom stereocenters. The van der Waals surface area contributed by atoms with Crippen LogP contribution in [0.15, 0.2) is 30.3 Å². The lowest BCUT2D eigenvalue weighted by Crippen LogP contribution is -2.40. The van der Waals surface area contributed by atoms with Crippen LogP contribution < -0.4 is 5.32 Å². The lowest BCUT2D eigenvalue weighted by molar-refractivity contribution is 0.0517. The van der Waals surface area contributed by atoms with Crippen molar-refractivity contribution in [2.45, 2.75) is 31.7 Å². The first-order valence-electron chi connectivity index (χ1n) is 6.63. The Kier molecular flexibility index (Phi) is 4.57. The molecule has 2 nitrogen and oxygen atoms in total. The van der Waals surface area contributed by atoms with Crippen molar-refractivity contribution in [1.82, 2.24) is 5.32 Å². The summed E-state index contributed by atoms with van der Waals surface area (Å²) in [6, 6.07) is 11.4. The van der Waals surface area contributed by atoms with E-state index in [2.05, 4.69) is 49.6 Å². The van der Waals surface area contributed by atoms with Crippen LogP contribution in [0.25, 0.3) is 0 Å². The standard InChI is InChI=1S/C15H23NO/c1-12(13-6-4-3-5-7-13)15(16-2)14-8-10-17-11-9-14/h3-7,12,14-16H,8-11H2,1-2H3. The lowest BCUT2D eigenvalue weighted by atomic mass is 9.81. The minimum absolute atomic E-state index is 0.557. The molecule has 1 fully saturated rings. The molecule has 1 aromatic carbocycles. The summed E-state index contributed by atoms with van der Waals surface area (Å²) in [5.41, 5.74) is 1.43. The van der Waals surface area contributed by atoms with Crippen molar-refractivity contribution in [3.05, 3.63) is 35.9 Å². The number of ether oxygens (including phenoxy) is 1. The Morgan fingerprint density at radius 3 is 2.41 bits per heavy atom. The first kappa shape index (κ1) is 12.6. The second kappa shape index (κ2) is 6.18. The summed E-state index contributed by atoms with van der Waals surface area (Å²) in [7, 11) is 2.08. The molecule has 2 rings (SSSR count). The Bertz CT molecular complexity index is 319. The highest BCUT2D eigenvalue weighted by molar-refractivity contribution is 5.20. The van der Waals surface area contributed by atoms with Gasteiger partial charge in [0, 0.05) is 19.3 Å². The fourth-order valence-corrected chi connectivity index (χ4v) is 2.93. The smallest absolute Gasteiger partial charge is 0.0469 e. The fourth-order valence-electron chi connectivity index (χ4n) is 2.93. The van der Waals surface area contributed by atoms with Gasteiger partial charge in [-0.15, -0.1) is 0 Å². The molecule has 1 N–H and O–H groups in total. The van der Waals surface area contributed by atoms with Gasteiger partial charge >= 0.3 is 0 Å². The van der Waals surface area contributed by atoms with Gasteiger partial charge in [-0.05, 0) is 37.3 Å². The van der Waals surface area contributed by atoms with Gasteiger partial charge in [0.25, 0.3) is 0 Å². The van der Waals surface area contributed by atoms with E-state index < -0.39 is 0 Å². The zero-order valence-corrected chi connectivity index (χ0v) is 10.9. The maximum Gasteiger partial charge on any atom is 0.0469 e. The number of benzene rings is 1. The summed E-state index contributed by atoms with van der Waals surface area (Å²) >= 11 is 0. The third-order valence-electron chi connectivity index (χ3n) is 3.97. The second-order valence-corrected chi connectivity index (χ2v) is 4.96. The quantitative estimate of drug-likeness (QED) is 0.863. The minimum Gasteiger partial charge on any atom is -0.381 e. The largest absolute Gasteiger partial charge is 0.381 e. The van der Waals surface area contributed by atoms with Crippen molar-refractivity contribution in [1.29, 1.82) is 0 Å². The van der Waals surface area contributed by atoms with Gasteiger partial charge in [-0.2, -0.15) is 0 Å². The van der Waals surface area contributed by atoms with E-state index >= 15 is 0 Å². The second-order valence-electron chi connectivity index (χ2n) is 4.96. The zero-order valence-electron chi connectivity index (χ0n) is 10.9. The molecule has 1 aliphatic heterocycles. The van der Waals surface area contributed by atoms with E-state index in [1.807, 2.05) is 0 Å². The highest BCUT2D eigenvalue weighted by atomic mass is 16.5. The van der Waals surface area contributed by atoms with Crippen LogP contribution in [0.5, 0.6) is 0 Å². The Labute approximate surface area is 104 Å². The van der Waals surface area contributed by atoms with Crippen molar-refractivity contribution >= 4 is 0 Å². The van der Waals surface area contributed by atoms with Gasteiger partial charge in [0.1, 0.15) is 0 Å². The summed E-state index contributed by atoms with van der Waals surface area (Å²) in [4.78, 5) is 0. The topological polar surface area (TPSA) is 21.3 Å². The first-order chi connectivity index (χ1) is 8.33. The lowest BCUT2D eigenvalue weighted by Gasteiger charge is -2.34. The molecule has 94 valence electrons. The third-order valence-corrected chi connectivity index (χ3v) is 3.97. The van der Waals surface area contributed by atoms with E-state index in [4.69, 9.17) is 4.74 Å². The molecule has 0 amide bonds. The predicted octanol–water partition coefficient (Wildman–Crippen LogP) is 2.80. The monoisotopic (exact) mass is 233 g/mol. The van der Waals surface area contributed by atoms with Crippen LogP contribution in [0, 0.1) is 5.92 Å². The van der Waals surface area contributed by atoms with Gasteiger partial charge in [-0.3, -0.25) is 0 Å². The van der Waals surface area contributed by atoms with Gasteiger partial charge in [0.2, 0.25) is 0 Å². The van der Waals surface area contributed by atoms with Crippen LogP contribution in [-0.2, 0) is 4.74 Å². The van der Waals surface area contributed by atoms with Crippen molar-refractivity contribution in [2.75, 3.05) is 20.3 Å². The molecule has 2 unspecified atom stereocenters. The van der Waals surface area contributed by atoms with Crippen LogP contribution in [0.3, 0.4) is 0 Å². The number of hydrogen-bond donors (Lipinski definition) is 1. The van der Waals surface area contributed by atoms with Crippen LogP contribution in [0.4, 0.5) is 0 Å². The molecule has 0 aliphatic carbocycles. The highest BCUT2D eigenvalue weighted by Gasteiger charge is 2.27. The van der Waals surface area contributed by atoms with Gasteiger partial charge in [0.15, 0.2) is 0 Å². The van der Waals surface area contributed by atoms with Crippen molar-refractivity contribution in [3.8, 4) is 0 Å². The summed E-state index contributed by atoms with van der Waals surface area (Å²) in [5.74, 6) is 1.30. The Balaban J connectivity index is 2.06. The molecule has 1 aromatic rings. The molecule has 0 saturated carbocycles. The molecule has 1 saturated heterocycles. The van der Waals surface area contributed by atoms with E-state index in [1.54, 1.807) is 0 Å². The Morgan fingerprint density at radius 2 is 1.82 bits per heavy atom. The molecule has 1 heterocycles.